The van der Waals surface area contributed by atoms with Crippen molar-refractivity contribution in [1.82, 2.24) is 19.7 Å². The number of anilines is 1. The highest BCUT2D eigenvalue weighted by atomic mass is 32.1. The maximum absolute atomic E-state index is 5.17. The molecule has 17 heavy (non-hydrogen) atoms. The number of likely N-dealkylation sites (N-methyl/N-ethyl adjacent to an activating group) is 1. The fourth-order valence-corrected chi connectivity index (χ4v) is 3.24. The number of fused-ring (bicyclic) bond motifs is 2. The van der Waals surface area contributed by atoms with Crippen molar-refractivity contribution < 1.29 is 0 Å². The number of hydrogen-bond donors (Lipinski definition) is 1. The average Bonchev–Trinajstić information content (AvgIpc) is 2.72. The SMILES string of the molecule is CN1C2CCC1CN(c1n[nH]c(=S)n1C)CC2. The Labute approximate surface area is 106 Å². The topological polar surface area (TPSA) is 40.1 Å². The second-order valence-electron chi connectivity index (χ2n) is 5.17. The van der Waals surface area contributed by atoms with Crippen LogP contribution in [0.25, 0.3) is 0 Å². The molecule has 0 spiro atoms. The molecule has 1 N–H and O–H groups in total. The molecule has 0 amide bonds. The molecule has 2 fully saturated rings. The van der Waals surface area contributed by atoms with Crippen LogP contribution in [0, 0.1) is 4.77 Å². The monoisotopic (exact) mass is 253 g/mol. The van der Waals surface area contributed by atoms with Crippen LogP contribution in [-0.2, 0) is 7.05 Å². The van der Waals surface area contributed by atoms with Crippen molar-refractivity contribution in [2.75, 3.05) is 25.0 Å². The molecule has 94 valence electrons. The van der Waals surface area contributed by atoms with E-state index in [9.17, 15) is 0 Å². The minimum atomic E-state index is 0.674. The first-order valence-corrected chi connectivity index (χ1v) is 6.66. The smallest absolute Gasteiger partial charge is 0.225 e. The summed E-state index contributed by atoms with van der Waals surface area (Å²) >= 11 is 5.17. The van der Waals surface area contributed by atoms with Crippen molar-refractivity contribution in [3.63, 3.8) is 0 Å². The first-order valence-electron chi connectivity index (χ1n) is 6.25. The molecule has 1 aromatic heterocycles. The van der Waals surface area contributed by atoms with Gasteiger partial charge in [0.15, 0.2) is 4.77 Å². The molecule has 2 bridgehead atoms. The predicted octanol–water partition coefficient (Wildman–Crippen LogP) is 1.15. The third-order valence-corrected chi connectivity index (χ3v) is 4.65. The molecule has 5 nitrogen and oxygen atoms in total. The minimum Gasteiger partial charge on any atom is -0.339 e. The van der Waals surface area contributed by atoms with Gasteiger partial charge in [-0.15, -0.1) is 5.10 Å². The highest BCUT2D eigenvalue weighted by Crippen LogP contribution is 2.29. The predicted molar refractivity (Wildman–Crippen MR) is 69.8 cm³/mol. The zero-order chi connectivity index (χ0) is 12.0. The molecule has 2 unspecified atom stereocenters. The quantitative estimate of drug-likeness (QED) is 0.762. The van der Waals surface area contributed by atoms with Gasteiger partial charge in [0.2, 0.25) is 5.95 Å². The van der Waals surface area contributed by atoms with Gasteiger partial charge in [-0.25, -0.2) is 5.10 Å². The highest BCUT2D eigenvalue weighted by molar-refractivity contribution is 7.71. The van der Waals surface area contributed by atoms with E-state index in [1.807, 2.05) is 11.6 Å². The maximum atomic E-state index is 5.17. The van der Waals surface area contributed by atoms with E-state index in [1.54, 1.807) is 0 Å². The fraction of sp³-hybridized carbons (Fsp3) is 0.818. The highest BCUT2D eigenvalue weighted by Gasteiger charge is 2.35. The molecule has 6 heteroatoms. The van der Waals surface area contributed by atoms with Crippen molar-refractivity contribution in [3.05, 3.63) is 4.77 Å². The number of H-pyrrole nitrogens is 1. The van der Waals surface area contributed by atoms with E-state index in [-0.39, 0.29) is 0 Å². The number of aromatic amines is 1. The van der Waals surface area contributed by atoms with Crippen molar-refractivity contribution in [3.8, 4) is 0 Å². The maximum Gasteiger partial charge on any atom is 0.225 e. The lowest BCUT2D eigenvalue weighted by Crippen LogP contribution is -2.37. The molecule has 2 atom stereocenters. The van der Waals surface area contributed by atoms with Gasteiger partial charge < -0.3 is 4.90 Å². The molecule has 0 saturated carbocycles. The zero-order valence-corrected chi connectivity index (χ0v) is 11.2. The van der Waals surface area contributed by atoms with Crippen LogP contribution in [-0.4, -0.2) is 51.9 Å². The molecule has 2 aliphatic heterocycles. The molecule has 3 heterocycles. The Morgan fingerprint density at radius 1 is 1.24 bits per heavy atom. The van der Waals surface area contributed by atoms with E-state index < -0.39 is 0 Å². The van der Waals surface area contributed by atoms with Gasteiger partial charge in [0.05, 0.1) is 0 Å². The summed E-state index contributed by atoms with van der Waals surface area (Å²) in [5.41, 5.74) is 0. The van der Waals surface area contributed by atoms with Crippen LogP contribution < -0.4 is 4.90 Å². The Bertz CT molecular complexity index is 465. The second kappa shape index (κ2) is 4.10. The molecule has 0 aliphatic carbocycles. The Kier molecular flexibility index (Phi) is 2.71. The largest absolute Gasteiger partial charge is 0.339 e. The van der Waals surface area contributed by atoms with Crippen molar-refractivity contribution in [1.29, 1.82) is 0 Å². The van der Waals surface area contributed by atoms with Gasteiger partial charge >= 0.3 is 0 Å². The van der Waals surface area contributed by atoms with E-state index in [2.05, 4.69) is 27.0 Å². The molecule has 0 radical (unpaired) electrons. The van der Waals surface area contributed by atoms with E-state index in [1.165, 1.54) is 19.3 Å². The molecule has 1 aromatic rings. The van der Waals surface area contributed by atoms with Crippen LogP contribution in [0.15, 0.2) is 0 Å². The Hall–Kier alpha value is -0.880. The summed E-state index contributed by atoms with van der Waals surface area (Å²) in [5, 5.41) is 7.21. The molecule has 2 aliphatic rings. The summed E-state index contributed by atoms with van der Waals surface area (Å²) in [6, 6.07) is 1.44. The number of aromatic nitrogens is 3. The zero-order valence-electron chi connectivity index (χ0n) is 10.4. The third kappa shape index (κ3) is 1.79. The summed E-state index contributed by atoms with van der Waals surface area (Å²) in [6.45, 7) is 2.15. The lowest BCUT2D eigenvalue weighted by Gasteiger charge is -2.25. The lowest BCUT2D eigenvalue weighted by molar-refractivity contribution is 0.254. The number of rotatable bonds is 1. The normalized spacial score (nSPS) is 29.6. The number of nitrogens with one attached hydrogen (secondary N) is 1. The Morgan fingerprint density at radius 3 is 2.71 bits per heavy atom. The number of hydrogen-bond acceptors (Lipinski definition) is 4. The molecule has 0 aromatic carbocycles. The summed E-state index contributed by atoms with van der Waals surface area (Å²) < 4.78 is 2.66. The molecule has 2 saturated heterocycles. The summed E-state index contributed by atoms with van der Waals surface area (Å²) in [5.74, 6) is 0.982. The van der Waals surface area contributed by atoms with Gasteiger partial charge in [0.1, 0.15) is 0 Å². The second-order valence-corrected chi connectivity index (χ2v) is 5.56. The third-order valence-electron chi connectivity index (χ3n) is 4.29. The van der Waals surface area contributed by atoms with Gasteiger partial charge in [-0.3, -0.25) is 9.47 Å². The van der Waals surface area contributed by atoms with Gasteiger partial charge in [-0.1, -0.05) is 0 Å². The van der Waals surface area contributed by atoms with Gasteiger partial charge in [0.25, 0.3) is 0 Å². The van der Waals surface area contributed by atoms with Crippen LogP contribution in [0.5, 0.6) is 0 Å². The van der Waals surface area contributed by atoms with E-state index >= 15 is 0 Å². The van der Waals surface area contributed by atoms with Crippen molar-refractivity contribution in [2.45, 2.75) is 31.3 Å². The van der Waals surface area contributed by atoms with Crippen LogP contribution >= 0.6 is 12.2 Å². The van der Waals surface area contributed by atoms with Crippen molar-refractivity contribution in [2.24, 2.45) is 7.05 Å². The summed E-state index contributed by atoms with van der Waals surface area (Å²) in [4.78, 5) is 4.91. The standard InChI is InChI=1S/C11H19N5S/c1-14-8-3-4-9(14)7-16(6-5-8)10-12-13-11(17)15(10)2/h8-9H,3-7H2,1-2H3,(H,13,17). The fourth-order valence-electron chi connectivity index (χ4n) is 3.11. The van der Waals surface area contributed by atoms with Crippen LogP contribution in [0.3, 0.4) is 0 Å². The van der Waals surface area contributed by atoms with Gasteiger partial charge in [0, 0.05) is 32.2 Å². The average molecular weight is 253 g/mol. The molecule has 3 rings (SSSR count). The minimum absolute atomic E-state index is 0.674. The number of nitrogens with zero attached hydrogens (tertiary/aromatic N) is 4. The van der Waals surface area contributed by atoms with Crippen LogP contribution in [0.2, 0.25) is 0 Å². The first kappa shape index (κ1) is 11.2. The van der Waals surface area contributed by atoms with Crippen LogP contribution in [0.1, 0.15) is 19.3 Å². The molecular formula is C11H19N5S. The van der Waals surface area contributed by atoms with E-state index in [0.29, 0.717) is 10.8 Å². The van der Waals surface area contributed by atoms with Crippen molar-refractivity contribution >= 4 is 18.2 Å². The molecular weight excluding hydrogens is 234 g/mol. The summed E-state index contributed by atoms with van der Waals surface area (Å²) in [6.07, 6.45) is 3.90. The van der Waals surface area contributed by atoms with Crippen LogP contribution in [0.4, 0.5) is 5.95 Å². The Balaban J connectivity index is 1.86. The first-order chi connectivity index (χ1) is 8.16. The van der Waals surface area contributed by atoms with E-state index in [0.717, 1.165) is 25.1 Å². The lowest BCUT2D eigenvalue weighted by atomic mass is 10.1. The van der Waals surface area contributed by atoms with Gasteiger partial charge in [-0.2, -0.15) is 0 Å². The summed E-state index contributed by atoms with van der Waals surface area (Å²) in [7, 11) is 4.24. The Morgan fingerprint density at radius 2 is 2.00 bits per heavy atom. The van der Waals surface area contributed by atoms with Gasteiger partial charge in [-0.05, 0) is 38.5 Å². The van der Waals surface area contributed by atoms with E-state index in [4.69, 9.17) is 12.2 Å².